The molecule has 1 aliphatic rings. The van der Waals surface area contributed by atoms with Crippen molar-refractivity contribution >= 4 is 28.9 Å². The van der Waals surface area contributed by atoms with E-state index in [1.54, 1.807) is 4.90 Å². The summed E-state index contributed by atoms with van der Waals surface area (Å²) < 4.78 is 5.37. The quantitative estimate of drug-likeness (QED) is 0.662. The third kappa shape index (κ3) is 3.52. The van der Waals surface area contributed by atoms with Crippen LogP contribution in [0.1, 0.15) is 0 Å². The molecule has 0 amide bonds. The summed E-state index contributed by atoms with van der Waals surface area (Å²) in [5.74, 6) is 0.469. The van der Waals surface area contributed by atoms with Gasteiger partial charge >= 0.3 is 0 Å². The van der Waals surface area contributed by atoms with Crippen LogP contribution in [0.2, 0.25) is 5.02 Å². The van der Waals surface area contributed by atoms with Crippen molar-refractivity contribution in [3.8, 4) is 0 Å². The zero-order chi connectivity index (χ0) is 13.8. The van der Waals surface area contributed by atoms with Crippen LogP contribution in [-0.2, 0) is 4.74 Å². The predicted molar refractivity (Wildman–Crippen MR) is 79.5 cm³/mol. The number of ether oxygens (including phenoxy) is 1. The van der Waals surface area contributed by atoms with Gasteiger partial charge in [0.1, 0.15) is 0 Å². The van der Waals surface area contributed by atoms with E-state index in [2.05, 4.69) is 9.89 Å². The summed E-state index contributed by atoms with van der Waals surface area (Å²) in [4.78, 5) is 8.45. The molecule has 0 saturated carbocycles. The average Bonchev–Trinajstić information content (AvgIpc) is 2.41. The van der Waals surface area contributed by atoms with E-state index >= 15 is 0 Å². The van der Waals surface area contributed by atoms with Crippen molar-refractivity contribution in [2.24, 2.45) is 10.7 Å². The van der Waals surface area contributed by atoms with Crippen LogP contribution in [-0.4, -0.2) is 51.3 Å². The zero-order valence-corrected chi connectivity index (χ0v) is 12.0. The van der Waals surface area contributed by atoms with E-state index in [0.717, 1.165) is 37.7 Å². The van der Waals surface area contributed by atoms with Gasteiger partial charge in [0.2, 0.25) is 0 Å². The van der Waals surface area contributed by atoms with Crippen LogP contribution >= 0.6 is 11.6 Å². The number of nitrogens with two attached hydrogens (primary N) is 1. The van der Waals surface area contributed by atoms with Crippen LogP contribution in [0.5, 0.6) is 0 Å². The van der Waals surface area contributed by atoms with Crippen LogP contribution in [0.25, 0.3) is 0 Å². The van der Waals surface area contributed by atoms with Crippen molar-refractivity contribution in [1.29, 1.82) is 0 Å². The predicted octanol–water partition coefficient (Wildman–Crippen LogP) is 1.68. The maximum atomic E-state index is 6.09. The number of hydrogen-bond acceptors (Lipinski definition) is 3. The molecule has 0 bridgehead atoms. The summed E-state index contributed by atoms with van der Waals surface area (Å²) in [5, 5.41) is 0.698. The summed E-state index contributed by atoms with van der Waals surface area (Å²) in [6.07, 6.45) is 0. The lowest BCUT2D eigenvalue weighted by Crippen LogP contribution is -2.36. The third-order valence-corrected chi connectivity index (χ3v) is 3.22. The number of benzene rings is 1. The number of nitrogens with zero attached hydrogens (tertiary/aromatic N) is 3. The first-order valence-electron chi connectivity index (χ1n) is 6.21. The maximum absolute atomic E-state index is 6.09. The molecule has 0 radical (unpaired) electrons. The summed E-state index contributed by atoms with van der Waals surface area (Å²) in [7, 11) is 3.73. The first-order chi connectivity index (χ1) is 9.08. The average molecular weight is 283 g/mol. The second-order valence-corrected chi connectivity index (χ2v) is 5.03. The van der Waals surface area contributed by atoms with Crippen LogP contribution < -0.4 is 10.6 Å². The van der Waals surface area contributed by atoms with Gasteiger partial charge in [-0.25, -0.2) is 4.99 Å². The molecule has 0 unspecified atom stereocenters. The van der Waals surface area contributed by atoms with Gasteiger partial charge in [-0.1, -0.05) is 11.6 Å². The third-order valence-electron chi connectivity index (χ3n) is 2.98. The Labute approximate surface area is 118 Å². The first kappa shape index (κ1) is 14.0. The van der Waals surface area contributed by atoms with Crippen LogP contribution in [0, 0.1) is 0 Å². The Bertz CT molecular complexity index is 470. The van der Waals surface area contributed by atoms with E-state index < -0.39 is 0 Å². The highest BCUT2D eigenvalue weighted by molar-refractivity contribution is 6.31. The molecule has 1 fully saturated rings. The SMILES string of the molecule is CN(C)C(N)=Nc1ccc(Cl)cc1N1CCOCC1. The van der Waals surface area contributed by atoms with Crippen LogP contribution in [0.3, 0.4) is 0 Å². The van der Waals surface area contributed by atoms with Gasteiger partial charge in [-0.2, -0.15) is 0 Å². The highest BCUT2D eigenvalue weighted by Crippen LogP contribution is 2.32. The highest BCUT2D eigenvalue weighted by Gasteiger charge is 2.15. The summed E-state index contributed by atoms with van der Waals surface area (Å²) in [5.41, 5.74) is 7.72. The Morgan fingerprint density at radius 1 is 1.37 bits per heavy atom. The second kappa shape index (κ2) is 6.12. The molecule has 1 heterocycles. The Morgan fingerprint density at radius 3 is 2.68 bits per heavy atom. The van der Waals surface area contributed by atoms with Crippen molar-refractivity contribution < 1.29 is 4.74 Å². The number of anilines is 1. The second-order valence-electron chi connectivity index (χ2n) is 4.60. The summed E-state index contributed by atoms with van der Waals surface area (Å²) in [6.45, 7) is 3.12. The van der Waals surface area contributed by atoms with E-state index in [0.29, 0.717) is 11.0 Å². The topological polar surface area (TPSA) is 54.1 Å². The molecule has 1 aliphatic heterocycles. The van der Waals surface area contributed by atoms with Gasteiger partial charge < -0.3 is 20.3 Å². The fourth-order valence-electron chi connectivity index (χ4n) is 1.87. The molecule has 6 heteroatoms. The summed E-state index contributed by atoms with van der Waals surface area (Å²) >= 11 is 6.09. The number of halogens is 1. The fraction of sp³-hybridized carbons (Fsp3) is 0.462. The van der Waals surface area contributed by atoms with E-state index in [4.69, 9.17) is 22.1 Å². The number of aliphatic imine (C=N–C) groups is 1. The Morgan fingerprint density at radius 2 is 2.05 bits per heavy atom. The Balaban J connectivity index is 2.34. The molecule has 1 saturated heterocycles. The van der Waals surface area contributed by atoms with Gasteiger partial charge in [-0.15, -0.1) is 0 Å². The Hall–Kier alpha value is -1.46. The lowest BCUT2D eigenvalue weighted by Gasteiger charge is -2.30. The lowest BCUT2D eigenvalue weighted by molar-refractivity contribution is 0.123. The smallest absolute Gasteiger partial charge is 0.196 e. The molecule has 19 heavy (non-hydrogen) atoms. The van der Waals surface area contributed by atoms with E-state index in [9.17, 15) is 0 Å². The number of hydrogen-bond donors (Lipinski definition) is 1. The molecule has 1 aromatic carbocycles. The monoisotopic (exact) mass is 282 g/mol. The molecule has 104 valence electrons. The van der Waals surface area contributed by atoms with E-state index in [1.165, 1.54) is 0 Å². The maximum Gasteiger partial charge on any atom is 0.196 e. The number of morpholine rings is 1. The minimum absolute atomic E-state index is 0.469. The molecule has 5 nitrogen and oxygen atoms in total. The van der Waals surface area contributed by atoms with Gasteiger partial charge in [0.05, 0.1) is 24.6 Å². The van der Waals surface area contributed by atoms with Crippen molar-refractivity contribution in [3.63, 3.8) is 0 Å². The lowest BCUT2D eigenvalue weighted by atomic mass is 10.2. The van der Waals surface area contributed by atoms with E-state index in [-0.39, 0.29) is 0 Å². The molecule has 0 aromatic heterocycles. The van der Waals surface area contributed by atoms with Gasteiger partial charge in [-0.3, -0.25) is 0 Å². The number of rotatable bonds is 2. The van der Waals surface area contributed by atoms with Gasteiger partial charge in [0.15, 0.2) is 5.96 Å². The van der Waals surface area contributed by atoms with Crippen molar-refractivity contribution in [1.82, 2.24) is 4.90 Å². The normalized spacial score (nSPS) is 16.6. The molecule has 2 N–H and O–H groups in total. The Kier molecular flexibility index (Phi) is 4.50. The van der Waals surface area contributed by atoms with Crippen LogP contribution in [0.4, 0.5) is 11.4 Å². The molecular formula is C13H19ClN4O. The minimum Gasteiger partial charge on any atom is -0.378 e. The highest BCUT2D eigenvalue weighted by atomic mass is 35.5. The molecule has 0 aliphatic carbocycles. The standard InChI is InChI=1S/C13H19ClN4O/c1-17(2)13(15)16-11-4-3-10(14)9-12(11)18-5-7-19-8-6-18/h3-4,9H,5-8H2,1-2H3,(H2,15,16). The van der Waals surface area contributed by atoms with E-state index in [1.807, 2.05) is 32.3 Å². The minimum atomic E-state index is 0.469. The molecule has 0 spiro atoms. The van der Waals surface area contributed by atoms with Crippen molar-refractivity contribution in [2.75, 3.05) is 45.3 Å². The molecule has 1 aromatic rings. The van der Waals surface area contributed by atoms with Gasteiger partial charge in [0, 0.05) is 32.2 Å². The van der Waals surface area contributed by atoms with Gasteiger partial charge in [0.25, 0.3) is 0 Å². The zero-order valence-electron chi connectivity index (χ0n) is 11.3. The van der Waals surface area contributed by atoms with Crippen molar-refractivity contribution in [3.05, 3.63) is 23.2 Å². The number of guanidine groups is 1. The molecule has 0 atom stereocenters. The first-order valence-corrected chi connectivity index (χ1v) is 6.59. The molecular weight excluding hydrogens is 264 g/mol. The fourth-order valence-corrected chi connectivity index (χ4v) is 2.04. The van der Waals surface area contributed by atoms with Crippen molar-refractivity contribution in [2.45, 2.75) is 0 Å². The summed E-state index contributed by atoms with van der Waals surface area (Å²) in [6, 6.07) is 5.64. The van der Waals surface area contributed by atoms with Gasteiger partial charge in [-0.05, 0) is 18.2 Å². The van der Waals surface area contributed by atoms with Crippen LogP contribution in [0.15, 0.2) is 23.2 Å². The molecule has 2 rings (SSSR count). The largest absolute Gasteiger partial charge is 0.378 e.